The summed E-state index contributed by atoms with van der Waals surface area (Å²) in [6.45, 7) is 0.539. The van der Waals surface area contributed by atoms with Gasteiger partial charge in [0, 0.05) is 41.8 Å². The average molecular weight is 531 g/mol. The number of alkyl halides is 3. The van der Waals surface area contributed by atoms with Crippen molar-refractivity contribution in [3.05, 3.63) is 88.7 Å². The Morgan fingerprint density at radius 1 is 1.03 bits per heavy atom. The normalized spacial score (nSPS) is 12.5. The van der Waals surface area contributed by atoms with Crippen LogP contribution in [0.15, 0.2) is 60.8 Å². The highest BCUT2D eigenvalue weighted by Gasteiger charge is 2.30. The second-order valence-electron chi connectivity index (χ2n) is 8.56. The van der Waals surface area contributed by atoms with Gasteiger partial charge in [0.2, 0.25) is 5.95 Å². The van der Waals surface area contributed by atoms with E-state index in [4.69, 9.17) is 5.73 Å². The lowest BCUT2D eigenvalue weighted by molar-refractivity contribution is -0.137. The number of anilines is 3. The molecule has 0 radical (unpaired) electrons. The Labute approximate surface area is 220 Å². The van der Waals surface area contributed by atoms with Crippen LogP contribution >= 0.6 is 0 Å². The molecule has 2 aromatic carbocycles. The van der Waals surface area contributed by atoms with Gasteiger partial charge in [0.1, 0.15) is 5.69 Å². The van der Waals surface area contributed by atoms with Gasteiger partial charge < -0.3 is 26.7 Å². The largest absolute Gasteiger partial charge is 0.416 e. The van der Waals surface area contributed by atoms with Gasteiger partial charge >= 0.3 is 12.2 Å². The minimum Gasteiger partial charge on any atom is -0.368 e. The van der Waals surface area contributed by atoms with Gasteiger partial charge in [0.25, 0.3) is 5.91 Å². The van der Waals surface area contributed by atoms with Crippen LogP contribution in [0.4, 0.5) is 35.3 Å². The molecule has 0 atom stereocenters. The number of carbonyl (C=O) groups excluding carboxylic acids is 2. The molecule has 0 unspecified atom stereocenters. The summed E-state index contributed by atoms with van der Waals surface area (Å²) >= 11 is 0. The van der Waals surface area contributed by atoms with E-state index in [0.29, 0.717) is 46.7 Å². The summed E-state index contributed by atoms with van der Waals surface area (Å²) in [6, 6.07) is 11.9. The van der Waals surface area contributed by atoms with Crippen LogP contribution in [0.2, 0.25) is 0 Å². The van der Waals surface area contributed by atoms with E-state index >= 15 is 0 Å². The predicted molar refractivity (Wildman–Crippen MR) is 139 cm³/mol. The number of nitrogens with two attached hydrogens (primary N) is 1. The fourth-order valence-electron chi connectivity index (χ4n) is 3.96. The summed E-state index contributed by atoms with van der Waals surface area (Å²) in [6.07, 6.45) is -2.31. The van der Waals surface area contributed by atoms with Crippen LogP contribution in [0, 0.1) is 11.8 Å². The quantitative estimate of drug-likeness (QED) is 0.250. The Balaban J connectivity index is 1.32. The lowest BCUT2D eigenvalue weighted by atomic mass is 10.1. The number of halogens is 3. The molecule has 1 aliphatic heterocycles. The lowest BCUT2D eigenvalue weighted by Crippen LogP contribution is -2.31. The van der Waals surface area contributed by atoms with E-state index in [1.807, 2.05) is 0 Å². The number of H-pyrrole nitrogens is 1. The highest BCUT2D eigenvalue weighted by molar-refractivity contribution is 6.00. The zero-order valence-corrected chi connectivity index (χ0v) is 20.1. The van der Waals surface area contributed by atoms with Crippen LogP contribution < -0.4 is 21.7 Å². The van der Waals surface area contributed by atoms with Crippen LogP contribution in [0.3, 0.4) is 0 Å². The van der Waals surface area contributed by atoms with Crippen LogP contribution in [0.5, 0.6) is 0 Å². The van der Waals surface area contributed by atoms with Crippen molar-refractivity contribution in [2.75, 3.05) is 22.9 Å². The molecule has 39 heavy (non-hydrogen) atoms. The molecule has 0 aliphatic carbocycles. The van der Waals surface area contributed by atoms with Gasteiger partial charge in [-0.25, -0.2) is 14.8 Å². The van der Waals surface area contributed by atoms with Crippen molar-refractivity contribution in [2.24, 2.45) is 0 Å². The Morgan fingerprint density at radius 3 is 2.54 bits per heavy atom. The van der Waals surface area contributed by atoms with E-state index < -0.39 is 17.8 Å². The summed E-state index contributed by atoms with van der Waals surface area (Å²) in [5, 5.41) is 7.91. The molecular weight excluding hydrogens is 511 g/mol. The monoisotopic (exact) mass is 531 g/mol. The van der Waals surface area contributed by atoms with Gasteiger partial charge in [0.15, 0.2) is 0 Å². The van der Waals surface area contributed by atoms with Crippen molar-refractivity contribution in [3.63, 3.8) is 0 Å². The standard InChI is InChI=1S/C27H20F3N7O2/c28-27(29,30)17-6-8-18(9-7-17)34-26(39)35-19-3-1-2-15(12-19)4-5-16-14-33-25(31)37-23(16)22-13-20-21(36-22)10-11-32-24(20)38/h1-3,6-9,12-14,36H,10-11H2,(H,32,38)(H2,31,33,37)(H2,34,35,39). The molecule has 6 N–H and O–H groups in total. The third kappa shape index (κ3) is 5.83. The summed E-state index contributed by atoms with van der Waals surface area (Å²) in [7, 11) is 0. The summed E-state index contributed by atoms with van der Waals surface area (Å²) in [5.74, 6) is 5.90. The topological polar surface area (TPSA) is 138 Å². The number of hydrogen-bond acceptors (Lipinski definition) is 5. The molecular formula is C27H20F3N7O2. The molecule has 0 saturated heterocycles. The zero-order chi connectivity index (χ0) is 27.6. The Hall–Kier alpha value is -5.31. The minimum atomic E-state index is -4.46. The summed E-state index contributed by atoms with van der Waals surface area (Å²) in [5.41, 5.74) is 9.04. The van der Waals surface area contributed by atoms with E-state index in [-0.39, 0.29) is 17.5 Å². The van der Waals surface area contributed by atoms with Gasteiger partial charge in [-0.05, 0) is 48.5 Å². The van der Waals surface area contributed by atoms with Crippen molar-refractivity contribution in [1.29, 1.82) is 0 Å². The maximum Gasteiger partial charge on any atom is 0.416 e. The van der Waals surface area contributed by atoms with Crippen LogP contribution in [0.25, 0.3) is 11.4 Å². The Kier molecular flexibility index (Phi) is 6.64. The molecule has 3 heterocycles. The van der Waals surface area contributed by atoms with Crippen molar-refractivity contribution in [3.8, 4) is 23.2 Å². The van der Waals surface area contributed by atoms with Crippen molar-refractivity contribution < 1.29 is 22.8 Å². The van der Waals surface area contributed by atoms with E-state index in [1.54, 1.807) is 30.3 Å². The molecule has 3 amide bonds. The third-order valence-electron chi connectivity index (χ3n) is 5.80. The van der Waals surface area contributed by atoms with Gasteiger partial charge in [0.05, 0.1) is 22.4 Å². The number of amides is 3. The first kappa shape index (κ1) is 25.3. The summed E-state index contributed by atoms with van der Waals surface area (Å²) in [4.78, 5) is 36.1. The van der Waals surface area contributed by atoms with Crippen molar-refractivity contribution in [2.45, 2.75) is 12.6 Å². The fourth-order valence-corrected chi connectivity index (χ4v) is 3.96. The highest BCUT2D eigenvalue weighted by Crippen LogP contribution is 2.30. The van der Waals surface area contributed by atoms with Crippen LogP contribution in [0.1, 0.15) is 32.7 Å². The maximum absolute atomic E-state index is 12.7. The number of hydrogen-bond donors (Lipinski definition) is 5. The van der Waals surface area contributed by atoms with Gasteiger partial charge in [-0.15, -0.1) is 0 Å². The number of benzene rings is 2. The van der Waals surface area contributed by atoms with Gasteiger partial charge in [-0.2, -0.15) is 13.2 Å². The first-order chi connectivity index (χ1) is 18.7. The molecule has 0 saturated carbocycles. The molecule has 0 fully saturated rings. The smallest absolute Gasteiger partial charge is 0.368 e. The number of nitrogens with zero attached hydrogens (tertiary/aromatic N) is 2. The average Bonchev–Trinajstić information content (AvgIpc) is 3.34. The number of aromatic amines is 1. The SMILES string of the molecule is Nc1ncc(C#Cc2cccc(NC(=O)Nc3ccc(C(F)(F)F)cc3)c2)c(-c2cc3c([nH]2)CCNC3=O)n1. The Morgan fingerprint density at radius 2 is 1.79 bits per heavy atom. The lowest BCUT2D eigenvalue weighted by Gasteiger charge is -2.10. The van der Waals surface area contributed by atoms with Gasteiger partial charge in [-0.1, -0.05) is 17.9 Å². The molecule has 0 bridgehead atoms. The second kappa shape index (κ2) is 10.2. The maximum atomic E-state index is 12.7. The second-order valence-corrected chi connectivity index (χ2v) is 8.56. The van der Waals surface area contributed by atoms with Gasteiger partial charge in [-0.3, -0.25) is 4.79 Å². The number of nitrogens with one attached hydrogen (secondary N) is 4. The van der Waals surface area contributed by atoms with Crippen molar-refractivity contribution >= 4 is 29.3 Å². The van der Waals surface area contributed by atoms with E-state index in [9.17, 15) is 22.8 Å². The number of fused-ring (bicyclic) bond motifs is 1. The first-order valence-corrected chi connectivity index (χ1v) is 11.7. The number of carbonyl (C=O) groups is 2. The molecule has 2 aromatic heterocycles. The molecule has 9 nitrogen and oxygen atoms in total. The van der Waals surface area contributed by atoms with Crippen molar-refractivity contribution in [1.82, 2.24) is 20.3 Å². The molecule has 1 aliphatic rings. The minimum absolute atomic E-state index is 0.0535. The fraction of sp³-hybridized carbons (Fsp3) is 0.111. The number of nitrogen functional groups attached to an aromatic ring is 1. The highest BCUT2D eigenvalue weighted by atomic mass is 19.4. The molecule has 4 aromatic rings. The first-order valence-electron chi connectivity index (χ1n) is 11.7. The third-order valence-corrected chi connectivity index (χ3v) is 5.80. The number of urea groups is 1. The number of aromatic nitrogens is 3. The van der Waals surface area contributed by atoms with Crippen LogP contribution in [-0.4, -0.2) is 33.4 Å². The molecule has 5 rings (SSSR count). The van der Waals surface area contributed by atoms with E-state index in [0.717, 1.165) is 17.8 Å². The molecule has 196 valence electrons. The van der Waals surface area contributed by atoms with Crippen LogP contribution in [-0.2, 0) is 12.6 Å². The molecule has 0 spiro atoms. The van der Waals surface area contributed by atoms with E-state index in [2.05, 4.69) is 42.7 Å². The zero-order valence-electron chi connectivity index (χ0n) is 20.1. The van der Waals surface area contributed by atoms with E-state index in [1.165, 1.54) is 18.3 Å². The summed E-state index contributed by atoms with van der Waals surface area (Å²) < 4.78 is 38.2. The molecule has 12 heteroatoms. The number of rotatable bonds is 3. The Bertz CT molecular complexity index is 1630. The predicted octanol–water partition coefficient (Wildman–Crippen LogP) is 4.40.